The average molecular weight is 359 g/mol. The number of nitrogens with zero attached hydrogens (tertiary/aromatic N) is 1. The monoisotopic (exact) mass is 358 g/mol. The van der Waals surface area contributed by atoms with Gasteiger partial charge in [-0.2, -0.15) is 0 Å². The Morgan fingerprint density at radius 3 is 2.70 bits per heavy atom. The van der Waals surface area contributed by atoms with Gasteiger partial charge in [0.1, 0.15) is 6.04 Å². The highest BCUT2D eigenvalue weighted by molar-refractivity contribution is 9.11. The smallest absolute Gasteiger partial charge is 0.207 e. The molecule has 2 unspecified atom stereocenters. The maximum absolute atomic E-state index is 5.86. The average Bonchev–Trinajstić information content (AvgIpc) is 2.94. The molecule has 2 N–H and O–H groups in total. The molecule has 112 valence electrons. The van der Waals surface area contributed by atoms with E-state index in [2.05, 4.69) is 48.8 Å². The quantitative estimate of drug-likeness (QED) is 0.792. The largest absolute Gasteiger partial charge is 0.387 e. The van der Waals surface area contributed by atoms with Gasteiger partial charge in [0.2, 0.25) is 5.88 Å². The third-order valence-corrected chi connectivity index (χ3v) is 5.22. The summed E-state index contributed by atoms with van der Waals surface area (Å²) in [7, 11) is 0. The fourth-order valence-corrected chi connectivity index (χ4v) is 3.93. The molecule has 5 heteroatoms. The summed E-state index contributed by atoms with van der Waals surface area (Å²) >= 11 is 5.25. The fraction of sp³-hybridized carbons (Fsp3) is 0.600. The van der Waals surface area contributed by atoms with Gasteiger partial charge in [0.25, 0.3) is 0 Å². The minimum absolute atomic E-state index is 0.139. The third-order valence-electron chi connectivity index (χ3n) is 3.53. The molecule has 0 bridgehead atoms. The van der Waals surface area contributed by atoms with Crippen LogP contribution in [0.15, 0.2) is 27.9 Å². The predicted molar refractivity (Wildman–Crippen MR) is 88.1 cm³/mol. The van der Waals surface area contributed by atoms with Crippen LogP contribution in [0.5, 0.6) is 0 Å². The summed E-state index contributed by atoms with van der Waals surface area (Å²) in [5.41, 5.74) is 5.86. The van der Waals surface area contributed by atoms with Gasteiger partial charge in [0.05, 0.1) is 3.79 Å². The zero-order valence-corrected chi connectivity index (χ0v) is 14.7. The van der Waals surface area contributed by atoms with Crippen molar-refractivity contribution in [3.05, 3.63) is 32.8 Å². The molecule has 0 saturated carbocycles. The molecule has 1 aromatic heterocycles. The van der Waals surface area contributed by atoms with Crippen molar-refractivity contribution in [1.29, 1.82) is 0 Å². The van der Waals surface area contributed by atoms with E-state index in [1.165, 1.54) is 17.7 Å². The summed E-state index contributed by atoms with van der Waals surface area (Å²) in [4.78, 5) is 6.98. The summed E-state index contributed by atoms with van der Waals surface area (Å²) in [5, 5.41) is 2.04. The first-order chi connectivity index (χ1) is 9.47. The van der Waals surface area contributed by atoms with Crippen LogP contribution in [0.1, 0.15) is 51.0 Å². The van der Waals surface area contributed by atoms with Crippen molar-refractivity contribution in [2.24, 2.45) is 11.7 Å². The molecule has 20 heavy (non-hydrogen) atoms. The van der Waals surface area contributed by atoms with E-state index in [9.17, 15) is 0 Å². The predicted octanol–water partition coefficient (Wildman–Crippen LogP) is 4.81. The topological polar surface area (TPSA) is 38.5 Å². The van der Waals surface area contributed by atoms with E-state index >= 15 is 0 Å². The van der Waals surface area contributed by atoms with Crippen molar-refractivity contribution in [3.8, 4) is 0 Å². The summed E-state index contributed by atoms with van der Waals surface area (Å²) in [6.07, 6.45) is 5.61. The fourth-order valence-electron chi connectivity index (χ4n) is 2.45. The van der Waals surface area contributed by atoms with Crippen LogP contribution >= 0.6 is 27.3 Å². The van der Waals surface area contributed by atoms with E-state index < -0.39 is 0 Å². The molecule has 1 aliphatic heterocycles. The molecule has 1 aromatic rings. The SMILES string of the molecule is CC(C)CCCC(C)N1OC(N)=CC1c1ccc(Br)s1. The van der Waals surface area contributed by atoms with Crippen molar-refractivity contribution < 1.29 is 4.84 Å². The van der Waals surface area contributed by atoms with Crippen LogP contribution in [0.3, 0.4) is 0 Å². The molecule has 1 aliphatic rings. The molecular weight excluding hydrogens is 336 g/mol. The van der Waals surface area contributed by atoms with Gasteiger partial charge in [-0.25, -0.2) is 0 Å². The number of hydrogen-bond donors (Lipinski definition) is 1. The van der Waals surface area contributed by atoms with E-state index in [-0.39, 0.29) is 6.04 Å². The molecule has 0 radical (unpaired) electrons. The van der Waals surface area contributed by atoms with E-state index in [4.69, 9.17) is 10.6 Å². The Bertz CT molecular complexity index is 472. The lowest BCUT2D eigenvalue weighted by atomic mass is 10.0. The lowest BCUT2D eigenvalue weighted by molar-refractivity contribution is -0.149. The lowest BCUT2D eigenvalue weighted by Crippen LogP contribution is -2.32. The number of rotatable bonds is 6. The van der Waals surface area contributed by atoms with E-state index in [1.54, 1.807) is 11.3 Å². The van der Waals surface area contributed by atoms with Gasteiger partial charge in [-0.05, 0) is 47.3 Å². The van der Waals surface area contributed by atoms with Crippen LogP contribution in [0.25, 0.3) is 0 Å². The molecular formula is C15H23BrN2OS. The van der Waals surface area contributed by atoms with Gasteiger partial charge < -0.3 is 10.6 Å². The molecule has 2 heterocycles. The summed E-state index contributed by atoms with van der Waals surface area (Å²) < 4.78 is 1.14. The Kier molecular flexibility index (Phi) is 5.52. The number of hydrogen-bond acceptors (Lipinski definition) is 4. The molecule has 0 fully saturated rings. The third kappa shape index (κ3) is 3.99. The first kappa shape index (κ1) is 15.9. The highest BCUT2D eigenvalue weighted by Gasteiger charge is 2.32. The van der Waals surface area contributed by atoms with E-state index in [1.807, 2.05) is 11.1 Å². The van der Waals surface area contributed by atoms with Gasteiger partial charge in [0.15, 0.2) is 0 Å². The maximum atomic E-state index is 5.86. The Labute approximate surface area is 133 Å². The van der Waals surface area contributed by atoms with Crippen LogP contribution in [-0.4, -0.2) is 11.1 Å². The van der Waals surface area contributed by atoms with Gasteiger partial charge in [0, 0.05) is 17.0 Å². The van der Waals surface area contributed by atoms with Crippen molar-refractivity contribution in [1.82, 2.24) is 5.06 Å². The first-order valence-corrected chi connectivity index (χ1v) is 8.77. The highest BCUT2D eigenvalue weighted by Crippen LogP contribution is 2.37. The Morgan fingerprint density at radius 2 is 2.10 bits per heavy atom. The molecule has 0 aliphatic carbocycles. The Hall–Kier alpha value is -0.520. The number of hydroxylamine groups is 2. The number of halogens is 1. The van der Waals surface area contributed by atoms with Crippen molar-refractivity contribution in [2.45, 2.75) is 52.1 Å². The normalized spacial score (nSPS) is 21.1. The van der Waals surface area contributed by atoms with Gasteiger partial charge in [-0.3, -0.25) is 0 Å². The van der Waals surface area contributed by atoms with E-state index in [0.29, 0.717) is 11.9 Å². The Morgan fingerprint density at radius 1 is 1.35 bits per heavy atom. The minimum atomic E-state index is 0.139. The van der Waals surface area contributed by atoms with Gasteiger partial charge in [-0.15, -0.1) is 16.4 Å². The summed E-state index contributed by atoms with van der Waals surface area (Å²) in [6, 6.07) is 4.70. The van der Waals surface area contributed by atoms with Crippen LogP contribution in [-0.2, 0) is 4.84 Å². The lowest BCUT2D eigenvalue weighted by Gasteiger charge is -2.28. The van der Waals surface area contributed by atoms with Gasteiger partial charge in [-0.1, -0.05) is 26.7 Å². The second-order valence-corrected chi connectivity index (χ2v) is 8.28. The Balaban J connectivity index is 1.99. The van der Waals surface area contributed by atoms with E-state index in [0.717, 1.165) is 16.1 Å². The molecule has 0 amide bonds. The van der Waals surface area contributed by atoms with Crippen LogP contribution < -0.4 is 5.73 Å². The van der Waals surface area contributed by atoms with Crippen LogP contribution in [0, 0.1) is 5.92 Å². The first-order valence-electron chi connectivity index (χ1n) is 7.16. The summed E-state index contributed by atoms with van der Waals surface area (Å²) in [6.45, 7) is 6.74. The molecule has 0 saturated heterocycles. The molecule has 0 spiro atoms. The molecule has 2 atom stereocenters. The molecule has 0 aromatic carbocycles. The summed E-state index contributed by atoms with van der Waals surface area (Å²) in [5.74, 6) is 1.27. The molecule has 3 nitrogen and oxygen atoms in total. The highest BCUT2D eigenvalue weighted by atomic mass is 79.9. The van der Waals surface area contributed by atoms with Gasteiger partial charge >= 0.3 is 0 Å². The molecule has 2 rings (SSSR count). The maximum Gasteiger partial charge on any atom is 0.207 e. The van der Waals surface area contributed by atoms with Crippen molar-refractivity contribution >= 4 is 27.3 Å². The number of thiophene rings is 1. The van der Waals surface area contributed by atoms with Crippen LogP contribution in [0.2, 0.25) is 0 Å². The van der Waals surface area contributed by atoms with Crippen molar-refractivity contribution in [2.75, 3.05) is 0 Å². The zero-order valence-electron chi connectivity index (χ0n) is 12.3. The second-order valence-electron chi connectivity index (χ2n) is 5.78. The van der Waals surface area contributed by atoms with Crippen LogP contribution in [0.4, 0.5) is 0 Å². The number of nitrogens with two attached hydrogens (primary N) is 1. The van der Waals surface area contributed by atoms with Crippen molar-refractivity contribution in [3.63, 3.8) is 0 Å². The standard InChI is InChI=1S/C15H23BrN2OS/c1-10(2)5-4-6-11(3)18-12(9-15(17)19-18)13-7-8-14(16)20-13/h7-12H,4-6,17H2,1-3H3. The zero-order chi connectivity index (χ0) is 14.7. The second kappa shape index (κ2) is 6.96. The minimum Gasteiger partial charge on any atom is -0.387 e.